The fourth-order valence-electron chi connectivity index (χ4n) is 0.898. The van der Waals surface area contributed by atoms with E-state index in [0.29, 0.717) is 0 Å². The first-order valence-corrected chi connectivity index (χ1v) is 4.24. The van der Waals surface area contributed by atoms with Crippen LogP contribution in [0.1, 0.15) is 11.1 Å². The van der Waals surface area contributed by atoms with Crippen LogP contribution in [0.3, 0.4) is 0 Å². The second-order valence-corrected chi connectivity index (χ2v) is 3.52. The third-order valence-electron chi connectivity index (χ3n) is 1.88. The van der Waals surface area contributed by atoms with Gasteiger partial charge in [0.2, 0.25) is 0 Å². The molecule has 0 bridgehead atoms. The summed E-state index contributed by atoms with van der Waals surface area (Å²) in [5, 5.41) is 0. The van der Waals surface area contributed by atoms with Crippen LogP contribution in [0.4, 0.5) is 0 Å². The molecule has 0 aromatic heterocycles. The number of aryl methyl sites for hydroxylation is 2. The van der Waals surface area contributed by atoms with Gasteiger partial charge in [-0.3, -0.25) is 0 Å². The second-order valence-electron chi connectivity index (χ2n) is 2.52. The molecule has 1 rings (SSSR count). The van der Waals surface area contributed by atoms with Gasteiger partial charge in [-0.25, -0.2) is 0 Å². The summed E-state index contributed by atoms with van der Waals surface area (Å²) in [4.78, 5) is 0. The van der Waals surface area contributed by atoms with Crippen LogP contribution in [-0.4, -0.2) is 27.9 Å². The minimum absolute atomic E-state index is 1.18. The van der Waals surface area contributed by atoms with Crippen LogP contribution in [0.5, 0.6) is 0 Å². The van der Waals surface area contributed by atoms with E-state index < -0.39 is 0 Å². The van der Waals surface area contributed by atoms with Crippen LogP contribution >= 0.6 is 0 Å². The van der Waals surface area contributed by atoms with Crippen LogP contribution in [0, 0.1) is 13.8 Å². The molecule has 0 unspecified atom stereocenters. The van der Waals surface area contributed by atoms with E-state index in [2.05, 4.69) is 32.0 Å². The van der Waals surface area contributed by atoms with E-state index in [4.69, 9.17) is 0 Å². The fourth-order valence-corrected chi connectivity index (χ4v) is 1.23. The van der Waals surface area contributed by atoms with Crippen LogP contribution in [0.2, 0.25) is 0 Å². The van der Waals surface area contributed by atoms with Gasteiger partial charge in [0.15, 0.2) is 0 Å². The second kappa shape index (κ2) is 2.87. The molecular weight excluding hydrogens is 119 g/mol. The number of benzene rings is 1. The Morgan fingerprint density at radius 3 is 1.89 bits per heavy atom. The Kier molecular flexibility index (Phi) is 2.34. The molecule has 1 aromatic carbocycles. The standard InChI is InChI=1S/C8H9.Na/c1-7-4-3-5-8(2)6-7;/h3-5H,1-2H3;. The summed E-state index contributed by atoms with van der Waals surface area (Å²) in [6.45, 7) is 4.35. The van der Waals surface area contributed by atoms with Crippen molar-refractivity contribution in [2.45, 2.75) is 13.8 Å². The SMILES string of the molecule is Cc1cccc(C)[c]1[Na]. The van der Waals surface area contributed by atoms with Crippen molar-refractivity contribution >= 4 is 30.7 Å². The Morgan fingerprint density at radius 2 is 1.56 bits per heavy atom. The molecule has 0 amide bonds. The van der Waals surface area contributed by atoms with Crippen LogP contribution < -0.4 is 2.81 Å². The number of hydrogen-bond acceptors (Lipinski definition) is 0. The van der Waals surface area contributed by atoms with Crippen LogP contribution in [-0.2, 0) is 0 Å². The van der Waals surface area contributed by atoms with Gasteiger partial charge in [-0.05, 0) is 0 Å². The molecule has 0 spiro atoms. The Morgan fingerprint density at radius 1 is 1.11 bits per heavy atom. The summed E-state index contributed by atoms with van der Waals surface area (Å²) in [5.74, 6) is 0. The molecule has 0 aliphatic rings. The van der Waals surface area contributed by atoms with Crippen molar-refractivity contribution in [2.75, 3.05) is 0 Å². The van der Waals surface area contributed by atoms with E-state index >= 15 is 0 Å². The van der Waals surface area contributed by atoms with Gasteiger partial charge in [-0.15, -0.1) is 0 Å². The molecule has 0 N–H and O–H groups in total. The molecule has 0 saturated carbocycles. The normalized spacial score (nSPS) is 9.78. The van der Waals surface area contributed by atoms with Gasteiger partial charge in [0.25, 0.3) is 0 Å². The first kappa shape index (κ1) is 7.33. The third-order valence-corrected chi connectivity index (χ3v) is 3.45. The van der Waals surface area contributed by atoms with Crippen LogP contribution in [0.15, 0.2) is 18.2 Å². The molecule has 9 heavy (non-hydrogen) atoms. The van der Waals surface area contributed by atoms with Crippen molar-refractivity contribution in [2.24, 2.45) is 0 Å². The molecular formula is C8H9Na. The van der Waals surface area contributed by atoms with Gasteiger partial charge < -0.3 is 0 Å². The van der Waals surface area contributed by atoms with Gasteiger partial charge in [0.1, 0.15) is 0 Å². The summed E-state index contributed by atoms with van der Waals surface area (Å²) < 4.78 is 1.55. The average Bonchev–Trinajstić information content (AvgIpc) is 1.83. The maximum atomic E-state index is 2.18. The number of hydrogen-bond donors (Lipinski definition) is 0. The maximum absolute atomic E-state index is 2.18. The summed E-state index contributed by atoms with van der Waals surface area (Å²) in [6.07, 6.45) is 0. The van der Waals surface area contributed by atoms with E-state index in [9.17, 15) is 0 Å². The molecule has 0 heterocycles. The monoisotopic (exact) mass is 128 g/mol. The molecule has 0 fully saturated rings. The molecule has 0 radical (unpaired) electrons. The summed E-state index contributed by atoms with van der Waals surface area (Å²) in [6, 6.07) is 6.47. The van der Waals surface area contributed by atoms with Crippen molar-refractivity contribution < 1.29 is 0 Å². The van der Waals surface area contributed by atoms with Crippen molar-refractivity contribution in [3.63, 3.8) is 0 Å². The zero-order valence-electron chi connectivity index (χ0n) is 6.23. The first-order valence-electron chi connectivity index (χ1n) is 3.24. The zero-order valence-corrected chi connectivity index (χ0v) is 8.23. The Labute approximate surface area is 73.7 Å². The third kappa shape index (κ3) is 1.57. The van der Waals surface area contributed by atoms with Crippen LogP contribution in [0.25, 0.3) is 0 Å². The van der Waals surface area contributed by atoms with Gasteiger partial charge in [-0.1, -0.05) is 0 Å². The van der Waals surface area contributed by atoms with Gasteiger partial charge >= 0.3 is 73.9 Å². The fraction of sp³-hybridized carbons (Fsp3) is 0.250. The molecule has 0 aliphatic heterocycles. The summed E-state index contributed by atoms with van der Waals surface area (Å²) in [7, 11) is 0. The van der Waals surface area contributed by atoms with Gasteiger partial charge in [-0.2, -0.15) is 0 Å². The Hall–Kier alpha value is 0.220. The number of rotatable bonds is 0. The summed E-state index contributed by atoms with van der Waals surface area (Å²) >= 11 is 1.18. The molecule has 0 saturated heterocycles. The van der Waals surface area contributed by atoms with Crippen molar-refractivity contribution in [3.05, 3.63) is 29.3 Å². The summed E-state index contributed by atoms with van der Waals surface area (Å²) in [5.41, 5.74) is 2.89. The van der Waals surface area contributed by atoms with E-state index in [-0.39, 0.29) is 0 Å². The predicted octanol–water partition coefficient (Wildman–Crippen LogP) is 1.10. The van der Waals surface area contributed by atoms with Crippen molar-refractivity contribution in [1.29, 1.82) is 0 Å². The molecule has 42 valence electrons. The first-order chi connectivity index (χ1) is 4.22. The molecule has 0 aliphatic carbocycles. The Balaban J connectivity index is 3.25. The molecule has 1 heteroatoms. The van der Waals surface area contributed by atoms with E-state index in [0.717, 1.165) is 0 Å². The molecule has 0 atom stereocenters. The van der Waals surface area contributed by atoms with E-state index in [1.807, 2.05) is 0 Å². The van der Waals surface area contributed by atoms with E-state index in [1.165, 1.54) is 39.1 Å². The van der Waals surface area contributed by atoms with Gasteiger partial charge in [0, 0.05) is 0 Å². The Bertz CT molecular complexity index is 196. The topological polar surface area (TPSA) is 0 Å². The minimum atomic E-state index is 1.18. The molecule has 0 nitrogen and oxygen atoms in total. The average molecular weight is 128 g/mol. The quantitative estimate of drug-likeness (QED) is 0.459. The van der Waals surface area contributed by atoms with E-state index in [1.54, 1.807) is 2.81 Å². The zero-order chi connectivity index (χ0) is 6.85. The molecule has 1 aromatic rings. The van der Waals surface area contributed by atoms with Gasteiger partial charge in [0.05, 0.1) is 0 Å². The van der Waals surface area contributed by atoms with Crippen molar-refractivity contribution in [3.8, 4) is 0 Å². The predicted molar refractivity (Wildman–Crippen MR) is 41.3 cm³/mol. The van der Waals surface area contributed by atoms with Crippen molar-refractivity contribution in [1.82, 2.24) is 0 Å².